The van der Waals surface area contributed by atoms with E-state index in [9.17, 15) is 40.9 Å². The summed E-state index contributed by atoms with van der Waals surface area (Å²) in [7, 11) is 0. The molecule has 0 aliphatic carbocycles. The van der Waals surface area contributed by atoms with Gasteiger partial charge in [-0.3, -0.25) is 0 Å². The Bertz CT molecular complexity index is 1660. The Morgan fingerprint density at radius 3 is 2.00 bits per heavy atom. The van der Waals surface area contributed by atoms with Crippen LogP contribution in [0, 0.1) is 0 Å². The normalized spacial score (nSPS) is 26.0. The minimum Gasteiger partial charge on any atom is -0.508 e. The summed E-state index contributed by atoms with van der Waals surface area (Å²) in [6.45, 7) is -0.587. The summed E-state index contributed by atoms with van der Waals surface area (Å²) in [6, 6.07) is 20.8. The van der Waals surface area contributed by atoms with Gasteiger partial charge in [-0.05, 0) is 70.8 Å². The molecule has 0 radical (unpaired) electrons. The van der Waals surface area contributed by atoms with Crippen LogP contribution >= 0.6 is 0 Å². The molecule has 6 rings (SSSR count). The van der Waals surface area contributed by atoms with Gasteiger partial charge in [0.1, 0.15) is 65.0 Å². The van der Waals surface area contributed by atoms with Crippen molar-refractivity contribution in [2.45, 2.75) is 42.7 Å². The number of benzene rings is 4. The van der Waals surface area contributed by atoms with E-state index in [4.69, 9.17) is 14.2 Å². The van der Waals surface area contributed by atoms with Crippen LogP contribution in [0.25, 0.3) is 12.2 Å². The smallest absolute Gasteiger partial charge is 0.229 e. The molecule has 11 heteroatoms. The highest BCUT2D eigenvalue weighted by molar-refractivity contribution is 5.73. The van der Waals surface area contributed by atoms with Gasteiger partial charge in [0.15, 0.2) is 0 Å². The van der Waals surface area contributed by atoms with Crippen molar-refractivity contribution in [3.8, 4) is 34.5 Å². The maximum absolute atomic E-state index is 11.2. The summed E-state index contributed by atoms with van der Waals surface area (Å²) in [5.41, 5.74) is 3.11. The van der Waals surface area contributed by atoms with Gasteiger partial charge in [0.05, 0.1) is 12.5 Å². The zero-order chi connectivity index (χ0) is 31.8. The number of hydrogen-bond donors (Lipinski definition) is 8. The number of aliphatic hydroxyl groups is 4. The summed E-state index contributed by atoms with van der Waals surface area (Å²) in [4.78, 5) is 0. The van der Waals surface area contributed by atoms with E-state index >= 15 is 0 Å². The van der Waals surface area contributed by atoms with E-state index in [2.05, 4.69) is 0 Å². The van der Waals surface area contributed by atoms with Crippen molar-refractivity contribution in [3.63, 3.8) is 0 Å². The summed E-state index contributed by atoms with van der Waals surface area (Å²) in [5.74, 6) is -0.184. The van der Waals surface area contributed by atoms with Gasteiger partial charge >= 0.3 is 0 Å². The predicted molar refractivity (Wildman–Crippen MR) is 161 cm³/mol. The molecule has 0 amide bonds. The molecule has 7 atom stereocenters. The first kappa shape index (κ1) is 30.3. The lowest BCUT2D eigenvalue weighted by molar-refractivity contribution is -0.277. The lowest BCUT2D eigenvalue weighted by Gasteiger charge is -2.39. The van der Waals surface area contributed by atoms with Gasteiger partial charge in [-0.2, -0.15) is 0 Å². The molecule has 0 saturated carbocycles. The van der Waals surface area contributed by atoms with Crippen molar-refractivity contribution >= 4 is 12.2 Å². The van der Waals surface area contributed by atoms with Gasteiger partial charge in [0.2, 0.25) is 6.29 Å². The zero-order valence-corrected chi connectivity index (χ0v) is 23.7. The number of hydrogen-bond acceptors (Lipinski definition) is 11. The SMILES string of the molecule is OC[C@H]1O[C@@H](Oc2ccc([C@H]3Oc4cc(C=Cc5ccc(O)cc5)cc(O)c4[C@@H]3c3cc(O)cc(O)c3)cc2)[C@H](O)[C@@H](O)[C@@H]1O. The molecule has 0 spiro atoms. The second kappa shape index (κ2) is 12.3. The molecule has 45 heavy (non-hydrogen) atoms. The number of aliphatic hydroxyl groups excluding tert-OH is 4. The minimum absolute atomic E-state index is 0.0456. The summed E-state index contributed by atoms with van der Waals surface area (Å²) in [5, 5.41) is 81.2. The van der Waals surface area contributed by atoms with Crippen molar-refractivity contribution < 1.29 is 55.1 Å². The first-order chi connectivity index (χ1) is 21.6. The van der Waals surface area contributed by atoms with Crippen molar-refractivity contribution in [2.24, 2.45) is 0 Å². The maximum Gasteiger partial charge on any atom is 0.229 e. The average Bonchev–Trinajstić information content (AvgIpc) is 3.41. The molecule has 4 aromatic carbocycles. The van der Waals surface area contributed by atoms with Crippen LogP contribution in [-0.4, -0.2) is 78.2 Å². The number of phenolic OH excluding ortho intramolecular Hbond substituents is 4. The fourth-order valence-corrected chi connectivity index (χ4v) is 5.71. The van der Waals surface area contributed by atoms with Crippen molar-refractivity contribution in [2.75, 3.05) is 6.61 Å². The zero-order valence-electron chi connectivity index (χ0n) is 23.7. The number of phenols is 4. The molecular formula is C34H32O11. The molecule has 8 N–H and O–H groups in total. The molecule has 234 valence electrons. The predicted octanol–water partition coefficient (Wildman–Crippen LogP) is 3.12. The van der Waals surface area contributed by atoms with E-state index in [-0.39, 0.29) is 28.7 Å². The van der Waals surface area contributed by atoms with E-state index in [0.29, 0.717) is 28.0 Å². The number of fused-ring (bicyclic) bond motifs is 1. The highest BCUT2D eigenvalue weighted by Gasteiger charge is 2.45. The van der Waals surface area contributed by atoms with Crippen LogP contribution in [-0.2, 0) is 4.74 Å². The second-order valence-corrected chi connectivity index (χ2v) is 11.1. The first-order valence-corrected chi connectivity index (χ1v) is 14.2. The van der Waals surface area contributed by atoms with Gasteiger partial charge in [0.25, 0.3) is 0 Å². The Hall–Kier alpha value is -4.78. The van der Waals surface area contributed by atoms with Crippen LogP contribution in [0.5, 0.6) is 34.5 Å². The molecule has 11 nitrogen and oxygen atoms in total. The van der Waals surface area contributed by atoms with E-state index < -0.39 is 49.3 Å². The van der Waals surface area contributed by atoms with E-state index in [1.807, 2.05) is 6.08 Å². The van der Waals surface area contributed by atoms with Crippen LogP contribution in [0.3, 0.4) is 0 Å². The highest BCUT2D eigenvalue weighted by Crippen LogP contribution is 2.54. The van der Waals surface area contributed by atoms with Crippen molar-refractivity contribution in [1.29, 1.82) is 0 Å². The fourth-order valence-electron chi connectivity index (χ4n) is 5.71. The topological polar surface area (TPSA) is 190 Å². The van der Waals surface area contributed by atoms with Gasteiger partial charge < -0.3 is 55.1 Å². The van der Waals surface area contributed by atoms with Crippen molar-refractivity contribution in [1.82, 2.24) is 0 Å². The van der Waals surface area contributed by atoms with Gasteiger partial charge in [-0.25, -0.2) is 0 Å². The van der Waals surface area contributed by atoms with Crippen LogP contribution < -0.4 is 9.47 Å². The van der Waals surface area contributed by atoms with E-state index in [0.717, 1.165) is 5.56 Å². The molecule has 1 saturated heterocycles. The molecule has 1 fully saturated rings. The van der Waals surface area contributed by atoms with Crippen LogP contribution in [0.4, 0.5) is 0 Å². The standard InChI is InChI=1S/C34H32O11/c35-16-27-30(40)31(41)32(42)34(45-27)43-24-9-5-19(6-10-24)33-28(20-13-22(37)15-23(38)14-20)29-25(39)11-18(12-26(29)44-33)2-1-17-3-7-21(36)8-4-17/h1-15,27-28,30-42H,16H2/t27-,28+,30-,31+,32-,33-,34-/m1/s1. The summed E-state index contributed by atoms with van der Waals surface area (Å²) in [6.07, 6.45) is -4.23. The van der Waals surface area contributed by atoms with Gasteiger partial charge in [0, 0.05) is 11.6 Å². The minimum atomic E-state index is -1.58. The molecule has 0 bridgehead atoms. The quantitative estimate of drug-likeness (QED) is 0.142. The molecule has 4 aromatic rings. The van der Waals surface area contributed by atoms with Crippen molar-refractivity contribution in [3.05, 3.63) is 107 Å². The van der Waals surface area contributed by atoms with E-state index in [1.165, 1.54) is 18.2 Å². The Morgan fingerprint density at radius 1 is 0.667 bits per heavy atom. The highest BCUT2D eigenvalue weighted by atomic mass is 16.7. The first-order valence-electron chi connectivity index (χ1n) is 14.2. The lowest BCUT2D eigenvalue weighted by atomic mass is 9.84. The Kier molecular flexibility index (Phi) is 8.28. The number of rotatable bonds is 7. The Labute approximate surface area is 257 Å². The van der Waals surface area contributed by atoms with Crippen LogP contribution in [0.2, 0.25) is 0 Å². The second-order valence-electron chi connectivity index (χ2n) is 11.1. The molecule has 0 aromatic heterocycles. The third kappa shape index (κ3) is 6.12. The Morgan fingerprint density at radius 2 is 1.33 bits per heavy atom. The number of ether oxygens (including phenoxy) is 3. The average molecular weight is 617 g/mol. The van der Waals surface area contributed by atoms with Gasteiger partial charge in [-0.1, -0.05) is 36.4 Å². The third-order valence-corrected chi connectivity index (χ3v) is 7.96. The Balaban J connectivity index is 1.30. The lowest BCUT2D eigenvalue weighted by Crippen LogP contribution is -2.60. The molecule has 0 unspecified atom stereocenters. The van der Waals surface area contributed by atoms with E-state index in [1.54, 1.807) is 66.7 Å². The summed E-state index contributed by atoms with van der Waals surface area (Å²) >= 11 is 0. The fraction of sp³-hybridized carbons (Fsp3) is 0.235. The molecule has 2 aliphatic rings. The monoisotopic (exact) mass is 616 g/mol. The number of aromatic hydroxyl groups is 4. The largest absolute Gasteiger partial charge is 0.508 e. The molecule has 2 heterocycles. The molecule has 2 aliphatic heterocycles. The summed E-state index contributed by atoms with van der Waals surface area (Å²) < 4.78 is 17.6. The van der Waals surface area contributed by atoms with Crippen LogP contribution in [0.1, 0.15) is 39.8 Å². The van der Waals surface area contributed by atoms with Crippen LogP contribution in [0.15, 0.2) is 78.9 Å². The maximum atomic E-state index is 11.2. The van der Waals surface area contributed by atoms with Gasteiger partial charge in [-0.15, -0.1) is 0 Å². The third-order valence-electron chi connectivity index (χ3n) is 7.96. The molecular weight excluding hydrogens is 584 g/mol.